The van der Waals surface area contributed by atoms with Gasteiger partial charge in [-0.25, -0.2) is 13.2 Å². The molecule has 3 atom stereocenters. The molecule has 0 N–H and O–H groups in total. The molecule has 2 aliphatic heterocycles. The van der Waals surface area contributed by atoms with Gasteiger partial charge in [0.25, 0.3) is 0 Å². The maximum Gasteiger partial charge on any atom is 0.411 e. The molecule has 0 radical (unpaired) electrons. The van der Waals surface area contributed by atoms with Gasteiger partial charge < -0.3 is 4.74 Å². The quantitative estimate of drug-likeness (QED) is 0.750. The molecule has 30 heavy (non-hydrogen) atoms. The van der Waals surface area contributed by atoms with Gasteiger partial charge in [-0.15, -0.1) is 0 Å². The van der Waals surface area contributed by atoms with Crippen molar-refractivity contribution in [2.24, 2.45) is 5.92 Å². The van der Waals surface area contributed by atoms with Crippen LogP contribution < -0.4 is 0 Å². The number of fused-ring (bicyclic) bond motifs is 1. The average Bonchev–Trinajstić information content (AvgIpc) is 3.35. The molecule has 2 heterocycles. The number of hydrogen-bond donors (Lipinski definition) is 0. The fourth-order valence-corrected chi connectivity index (χ4v) is 6.18. The van der Waals surface area contributed by atoms with Gasteiger partial charge in [0.2, 0.25) is 10.0 Å². The lowest BCUT2D eigenvalue weighted by molar-refractivity contribution is -0.127. The zero-order valence-electron chi connectivity index (χ0n) is 16.5. The number of carbonyl (C=O) groups is 2. The predicted octanol–water partition coefficient (Wildman–Crippen LogP) is 2.52. The van der Waals surface area contributed by atoms with E-state index in [4.69, 9.17) is 4.74 Å². The van der Waals surface area contributed by atoms with Crippen LogP contribution in [-0.4, -0.2) is 54.7 Å². The van der Waals surface area contributed by atoms with E-state index < -0.39 is 21.7 Å². The van der Waals surface area contributed by atoms with Gasteiger partial charge in [-0.05, 0) is 31.0 Å². The standard InChI is InChI=1S/C22H22N2O5S/c1-15-7-9-18(10-8-15)30(27,28)23-12-17-11-22(17,20(25)13-23)24-19(14-29-21(24)26)16-5-3-2-4-6-16/h2-10,17,19H,11-14H2,1H3/t17-,19+,22?/m1/s1. The van der Waals surface area contributed by atoms with Gasteiger partial charge in [-0.3, -0.25) is 9.69 Å². The van der Waals surface area contributed by atoms with Gasteiger partial charge in [-0.2, -0.15) is 4.31 Å². The highest BCUT2D eigenvalue weighted by atomic mass is 32.2. The molecular formula is C22H22N2O5S. The van der Waals surface area contributed by atoms with E-state index >= 15 is 0 Å². The Balaban J connectivity index is 1.42. The summed E-state index contributed by atoms with van der Waals surface area (Å²) in [6.45, 7) is 2.05. The Hall–Kier alpha value is -2.71. The van der Waals surface area contributed by atoms with Crippen LogP contribution in [0.3, 0.4) is 0 Å². The summed E-state index contributed by atoms with van der Waals surface area (Å²) in [5.74, 6) is -0.468. The van der Waals surface area contributed by atoms with Crippen molar-refractivity contribution in [2.75, 3.05) is 19.7 Å². The number of nitrogens with zero attached hydrogens (tertiary/aromatic N) is 2. The van der Waals surface area contributed by atoms with Gasteiger partial charge in [0.1, 0.15) is 12.1 Å². The first-order valence-corrected chi connectivity index (χ1v) is 11.4. The lowest BCUT2D eigenvalue weighted by atomic mass is 9.98. The number of sulfonamides is 1. The zero-order valence-corrected chi connectivity index (χ0v) is 17.3. The third-order valence-electron chi connectivity index (χ3n) is 6.45. The van der Waals surface area contributed by atoms with Crippen LogP contribution in [-0.2, 0) is 19.6 Å². The lowest BCUT2D eigenvalue weighted by Gasteiger charge is -2.36. The molecule has 5 rings (SSSR count). The van der Waals surface area contributed by atoms with Crippen LogP contribution in [0.5, 0.6) is 0 Å². The minimum Gasteiger partial charge on any atom is -0.447 e. The zero-order chi connectivity index (χ0) is 21.1. The van der Waals surface area contributed by atoms with Gasteiger partial charge in [0.05, 0.1) is 17.5 Å². The van der Waals surface area contributed by atoms with Crippen LogP contribution in [0.15, 0.2) is 59.5 Å². The molecule has 2 saturated heterocycles. The SMILES string of the molecule is Cc1ccc(S(=O)(=O)N2CC(=O)C3(N4C(=O)OC[C@H]4c4ccccc4)C[C@@H]3C2)cc1. The molecule has 3 fully saturated rings. The fourth-order valence-electron chi connectivity index (χ4n) is 4.74. The minimum absolute atomic E-state index is 0.178. The number of cyclic esters (lactones) is 1. The van der Waals surface area contributed by atoms with Gasteiger partial charge in [-0.1, -0.05) is 48.0 Å². The second-order valence-electron chi connectivity index (χ2n) is 8.23. The van der Waals surface area contributed by atoms with Crippen LogP contribution in [0.2, 0.25) is 0 Å². The van der Waals surface area contributed by atoms with Crippen molar-refractivity contribution in [2.45, 2.75) is 29.8 Å². The Labute approximate surface area is 175 Å². The van der Waals surface area contributed by atoms with E-state index in [2.05, 4.69) is 0 Å². The molecule has 1 amide bonds. The third-order valence-corrected chi connectivity index (χ3v) is 8.27. The number of carbonyl (C=O) groups excluding carboxylic acids is 2. The van der Waals surface area contributed by atoms with Gasteiger partial charge >= 0.3 is 6.09 Å². The first-order valence-electron chi connectivity index (χ1n) is 9.95. The molecule has 0 bridgehead atoms. The van der Waals surface area contributed by atoms with E-state index in [9.17, 15) is 18.0 Å². The summed E-state index contributed by atoms with van der Waals surface area (Å²) in [7, 11) is -3.77. The van der Waals surface area contributed by atoms with E-state index in [0.717, 1.165) is 11.1 Å². The molecular weight excluding hydrogens is 404 g/mol. The Morgan fingerprint density at radius 2 is 1.73 bits per heavy atom. The van der Waals surface area contributed by atoms with E-state index in [1.54, 1.807) is 29.2 Å². The number of benzene rings is 2. The largest absolute Gasteiger partial charge is 0.447 e. The molecule has 1 aliphatic carbocycles. The summed E-state index contributed by atoms with van der Waals surface area (Å²) in [4.78, 5) is 27.6. The number of piperidine rings is 1. The summed E-state index contributed by atoms with van der Waals surface area (Å²) in [5.41, 5.74) is 0.906. The van der Waals surface area contributed by atoms with Crippen LogP contribution in [0.1, 0.15) is 23.6 Å². The molecule has 156 valence electrons. The number of aryl methyl sites for hydroxylation is 1. The van der Waals surface area contributed by atoms with Crippen molar-refractivity contribution in [1.82, 2.24) is 9.21 Å². The number of ketones is 1. The maximum absolute atomic E-state index is 13.3. The summed E-state index contributed by atoms with van der Waals surface area (Å²) < 4.78 is 32.7. The predicted molar refractivity (Wildman–Crippen MR) is 108 cm³/mol. The number of amides is 1. The van der Waals surface area contributed by atoms with Crippen molar-refractivity contribution in [3.63, 3.8) is 0 Å². The highest BCUT2D eigenvalue weighted by molar-refractivity contribution is 7.89. The molecule has 1 saturated carbocycles. The van der Waals surface area contributed by atoms with Gasteiger partial charge in [0.15, 0.2) is 5.78 Å². The molecule has 0 spiro atoms. The summed E-state index contributed by atoms with van der Waals surface area (Å²) in [6.07, 6.45) is -0.0426. The number of Topliss-reactive ketones (excluding diaryl/α,β-unsaturated/α-hetero) is 1. The molecule has 2 aromatic carbocycles. The van der Waals surface area contributed by atoms with Crippen LogP contribution in [0, 0.1) is 12.8 Å². The van der Waals surface area contributed by atoms with Crippen molar-refractivity contribution in [3.8, 4) is 0 Å². The lowest BCUT2D eigenvalue weighted by Crippen LogP contribution is -2.56. The number of rotatable bonds is 4. The Morgan fingerprint density at radius 3 is 2.40 bits per heavy atom. The van der Waals surface area contributed by atoms with E-state index in [1.165, 1.54) is 4.31 Å². The summed E-state index contributed by atoms with van der Waals surface area (Å²) in [5, 5.41) is 0. The molecule has 0 aromatic heterocycles. The second-order valence-corrected chi connectivity index (χ2v) is 10.2. The Kier molecular flexibility index (Phi) is 4.27. The van der Waals surface area contributed by atoms with Crippen molar-refractivity contribution < 1.29 is 22.7 Å². The van der Waals surface area contributed by atoms with Gasteiger partial charge in [0, 0.05) is 12.5 Å². The topological polar surface area (TPSA) is 84.0 Å². The van der Waals surface area contributed by atoms with Crippen molar-refractivity contribution in [1.29, 1.82) is 0 Å². The number of hydrogen-bond acceptors (Lipinski definition) is 5. The monoisotopic (exact) mass is 426 g/mol. The highest BCUT2D eigenvalue weighted by Crippen LogP contribution is 2.56. The van der Waals surface area contributed by atoms with Crippen molar-refractivity contribution in [3.05, 3.63) is 65.7 Å². The van der Waals surface area contributed by atoms with E-state index in [0.29, 0.717) is 6.42 Å². The van der Waals surface area contributed by atoms with Crippen LogP contribution in [0.4, 0.5) is 4.79 Å². The Bertz CT molecular complexity index is 1120. The second kappa shape index (κ2) is 6.65. The first kappa shape index (κ1) is 19.3. The third kappa shape index (κ3) is 2.78. The van der Waals surface area contributed by atoms with E-state index in [1.807, 2.05) is 37.3 Å². The first-order chi connectivity index (χ1) is 14.3. The Morgan fingerprint density at radius 1 is 1.03 bits per heavy atom. The molecule has 8 heteroatoms. The molecule has 1 unspecified atom stereocenters. The molecule has 7 nitrogen and oxygen atoms in total. The molecule has 2 aromatic rings. The van der Waals surface area contributed by atoms with Crippen LogP contribution >= 0.6 is 0 Å². The average molecular weight is 426 g/mol. The molecule has 3 aliphatic rings. The van der Waals surface area contributed by atoms with E-state index in [-0.39, 0.29) is 42.3 Å². The minimum atomic E-state index is -3.77. The maximum atomic E-state index is 13.3. The number of ether oxygens (including phenoxy) is 1. The highest BCUT2D eigenvalue weighted by Gasteiger charge is 2.70. The van der Waals surface area contributed by atoms with Crippen LogP contribution in [0.25, 0.3) is 0 Å². The summed E-state index contributed by atoms with van der Waals surface area (Å²) >= 11 is 0. The summed E-state index contributed by atoms with van der Waals surface area (Å²) in [6, 6.07) is 15.8. The van der Waals surface area contributed by atoms with Crippen molar-refractivity contribution >= 4 is 21.9 Å². The fraction of sp³-hybridized carbons (Fsp3) is 0.364. The normalized spacial score (nSPS) is 28.9. The smallest absolute Gasteiger partial charge is 0.411 e.